The third kappa shape index (κ3) is 4.59. The summed E-state index contributed by atoms with van der Waals surface area (Å²) < 4.78 is 21.2. The van der Waals surface area contributed by atoms with Gasteiger partial charge in [0.05, 0.1) is 23.6 Å². The molecule has 0 amide bonds. The molecule has 0 unspecified atom stereocenters. The van der Waals surface area contributed by atoms with Crippen LogP contribution in [-0.2, 0) is 4.74 Å². The first kappa shape index (κ1) is 22.3. The normalized spacial score (nSPS) is 14.3. The van der Waals surface area contributed by atoms with Crippen LogP contribution in [0, 0.1) is 18.7 Å². The van der Waals surface area contributed by atoms with Gasteiger partial charge < -0.3 is 9.64 Å². The molecule has 0 bridgehead atoms. The zero-order valence-corrected chi connectivity index (χ0v) is 19.4. The van der Waals surface area contributed by atoms with E-state index >= 15 is 0 Å². The first-order chi connectivity index (χ1) is 16.5. The molecule has 0 spiro atoms. The Kier molecular flexibility index (Phi) is 6.16. The molecule has 1 atom stereocenters. The molecular formula is C28H28FN3O2. The van der Waals surface area contributed by atoms with E-state index in [2.05, 4.69) is 0 Å². The number of halogens is 1. The fourth-order valence-corrected chi connectivity index (χ4v) is 4.31. The second kappa shape index (κ2) is 9.39. The van der Waals surface area contributed by atoms with E-state index in [4.69, 9.17) is 9.72 Å². The van der Waals surface area contributed by atoms with Crippen LogP contribution < -0.4 is 10.5 Å². The Bertz CT molecular complexity index is 1350. The fourth-order valence-electron chi connectivity index (χ4n) is 4.31. The van der Waals surface area contributed by atoms with Crippen LogP contribution in [0.4, 0.5) is 15.8 Å². The van der Waals surface area contributed by atoms with Gasteiger partial charge in [0.2, 0.25) is 0 Å². The molecule has 1 aliphatic carbocycles. The molecule has 0 aliphatic heterocycles. The monoisotopic (exact) mass is 457 g/mol. The number of benzene rings is 3. The van der Waals surface area contributed by atoms with Crippen molar-refractivity contribution in [1.82, 2.24) is 9.55 Å². The minimum absolute atomic E-state index is 0.0965. The first-order valence-electron chi connectivity index (χ1n) is 11.7. The number of hydrogen-bond donors (Lipinski definition) is 0. The summed E-state index contributed by atoms with van der Waals surface area (Å²) in [6, 6.07) is 21.7. The van der Waals surface area contributed by atoms with Gasteiger partial charge >= 0.3 is 0 Å². The van der Waals surface area contributed by atoms with Crippen molar-refractivity contribution in [3.8, 4) is 0 Å². The molecule has 1 fully saturated rings. The molecule has 0 saturated heterocycles. The maximum Gasteiger partial charge on any atom is 0.262 e. The molecule has 0 radical (unpaired) electrons. The molecule has 174 valence electrons. The van der Waals surface area contributed by atoms with Crippen molar-refractivity contribution in [2.24, 2.45) is 5.92 Å². The quantitative estimate of drug-likeness (QED) is 0.344. The number of fused-ring (bicyclic) bond motifs is 1. The highest BCUT2D eigenvalue weighted by Crippen LogP contribution is 2.30. The predicted molar refractivity (Wildman–Crippen MR) is 133 cm³/mol. The number of hydrogen-bond acceptors (Lipinski definition) is 4. The molecule has 34 heavy (non-hydrogen) atoms. The second-order valence-corrected chi connectivity index (χ2v) is 8.98. The molecule has 5 rings (SSSR count). The van der Waals surface area contributed by atoms with Crippen molar-refractivity contribution in [3.63, 3.8) is 0 Å². The summed E-state index contributed by atoms with van der Waals surface area (Å²) in [6.45, 7) is 3.02. The largest absolute Gasteiger partial charge is 0.379 e. The van der Waals surface area contributed by atoms with E-state index in [1.165, 1.54) is 25.0 Å². The second-order valence-electron chi connectivity index (χ2n) is 8.98. The van der Waals surface area contributed by atoms with Crippen molar-refractivity contribution in [2.45, 2.75) is 25.8 Å². The Morgan fingerprint density at radius 3 is 2.47 bits per heavy atom. The summed E-state index contributed by atoms with van der Waals surface area (Å²) in [6.07, 6.45) is 2.44. The predicted octanol–water partition coefficient (Wildman–Crippen LogP) is 5.63. The van der Waals surface area contributed by atoms with E-state index < -0.39 is 0 Å². The summed E-state index contributed by atoms with van der Waals surface area (Å²) in [5.41, 5.74) is 3.23. The standard InChI is InChI=1S/C28H28FN3O2/c1-19-30-26-15-14-24(31(2)23-12-10-22(29)11-13-23)16-25(26)28(33)32(19)27(18-34-17-20-8-9-20)21-6-4-3-5-7-21/h3-7,10-16,20,27H,8-9,17-18H2,1-2H3/t27-/m1/s1. The number of aromatic nitrogens is 2. The molecule has 3 aromatic carbocycles. The SMILES string of the molecule is Cc1nc2ccc(N(C)c3ccc(F)cc3)cc2c(=O)n1[C@H](COCC1CC1)c1ccccc1. The van der Waals surface area contributed by atoms with Gasteiger partial charge in [-0.05, 0) is 73.7 Å². The smallest absolute Gasteiger partial charge is 0.262 e. The molecule has 0 N–H and O–H groups in total. The van der Waals surface area contributed by atoms with E-state index in [1.54, 1.807) is 16.7 Å². The molecular weight excluding hydrogens is 429 g/mol. The van der Waals surface area contributed by atoms with Gasteiger partial charge in [0.25, 0.3) is 5.56 Å². The fraction of sp³-hybridized carbons (Fsp3) is 0.286. The van der Waals surface area contributed by atoms with Crippen LogP contribution in [0.5, 0.6) is 0 Å². The minimum Gasteiger partial charge on any atom is -0.379 e. The van der Waals surface area contributed by atoms with Gasteiger partial charge in [0.15, 0.2) is 0 Å². The van der Waals surface area contributed by atoms with E-state index in [-0.39, 0.29) is 17.4 Å². The van der Waals surface area contributed by atoms with Gasteiger partial charge in [-0.1, -0.05) is 30.3 Å². The van der Waals surface area contributed by atoms with E-state index in [9.17, 15) is 9.18 Å². The summed E-state index contributed by atoms with van der Waals surface area (Å²) >= 11 is 0. The Labute approximate surface area is 198 Å². The molecule has 6 heteroatoms. The maximum atomic E-state index is 13.8. The number of nitrogens with zero attached hydrogens (tertiary/aromatic N) is 3. The van der Waals surface area contributed by atoms with Crippen LogP contribution in [-0.4, -0.2) is 29.8 Å². The Morgan fingerprint density at radius 2 is 1.76 bits per heavy atom. The Morgan fingerprint density at radius 1 is 1.06 bits per heavy atom. The lowest BCUT2D eigenvalue weighted by atomic mass is 10.1. The van der Waals surface area contributed by atoms with Gasteiger partial charge in [-0.15, -0.1) is 0 Å². The van der Waals surface area contributed by atoms with Crippen molar-refractivity contribution >= 4 is 22.3 Å². The molecule has 1 saturated carbocycles. The highest BCUT2D eigenvalue weighted by atomic mass is 19.1. The molecule has 1 heterocycles. The third-order valence-corrected chi connectivity index (χ3v) is 6.48. The molecule has 1 aliphatic rings. The highest BCUT2D eigenvalue weighted by Gasteiger charge is 2.24. The lowest BCUT2D eigenvalue weighted by molar-refractivity contribution is 0.102. The Balaban J connectivity index is 1.56. The average molecular weight is 458 g/mol. The maximum absolute atomic E-state index is 13.8. The van der Waals surface area contributed by atoms with Crippen LogP contribution in [0.1, 0.15) is 30.3 Å². The Hall–Kier alpha value is -3.51. The zero-order valence-electron chi connectivity index (χ0n) is 19.4. The van der Waals surface area contributed by atoms with Gasteiger partial charge in [0, 0.05) is 25.0 Å². The van der Waals surface area contributed by atoms with Gasteiger partial charge in [-0.2, -0.15) is 0 Å². The van der Waals surface area contributed by atoms with Crippen LogP contribution >= 0.6 is 0 Å². The van der Waals surface area contributed by atoms with Gasteiger partial charge in [-0.25, -0.2) is 9.37 Å². The lowest BCUT2D eigenvalue weighted by Gasteiger charge is -2.24. The number of anilines is 2. The first-order valence-corrected chi connectivity index (χ1v) is 11.7. The number of ether oxygens (including phenoxy) is 1. The van der Waals surface area contributed by atoms with Crippen molar-refractivity contribution in [2.75, 3.05) is 25.2 Å². The molecule has 5 nitrogen and oxygen atoms in total. The van der Waals surface area contributed by atoms with Crippen molar-refractivity contribution < 1.29 is 9.13 Å². The summed E-state index contributed by atoms with van der Waals surface area (Å²) in [4.78, 5) is 20.5. The number of aryl methyl sites for hydroxylation is 1. The topological polar surface area (TPSA) is 47.4 Å². The van der Waals surface area contributed by atoms with Crippen molar-refractivity contribution in [1.29, 1.82) is 0 Å². The van der Waals surface area contributed by atoms with Crippen LogP contribution in [0.15, 0.2) is 77.6 Å². The summed E-state index contributed by atoms with van der Waals surface area (Å²) in [5.74, 6) is 1.02. The molecule has 4 aromatic rings. The zero-order chi connectivity index (χ0) is 23.7. The molecule has 1 aromatic heterocycles. The van der Waals surface area contributed by atoms with E-state index in [0.717, 1.165) is 23.5 Å². The van der Waals surface area contributed by atoms with Gasteiger partial charge in [-0.3, -0.25) is 9.36 Å². The van der Waals surface area contributed by atoms with Gasteiger partial charge in [0.1, 0.15) is 11.6 Å². The van der Waals surface area contributed by atoms with E-state index in [1.807, 2.05) is 67.4 Å². The average Bonchev–Trinajstić information content (AvgIpc) is 3.68. The summed E-state index contributed by atoms with van der Waals surface area (Å²) in [7, 11) is 1.90. The van der Waals surface area contributed by atoms with Crippen molar-refractivity contribution in [3.05, 3.63) is 100 Å². The van der Waals surface area contributed by atoms with Crippen LogP contribution in [0.2, 0.25) is 0 Å². The third-order valence-electron chi connectivity index (χ3n) is 6.48. The minimum atomic E-state index is -0.283. The van der Waals surface area contributed by atoms with E-state index in [0.29, 0.717) is 29.3 Å². The van der Waals surface area contributed by atoms with Crippen LogP contribution in [0.25, 0.3) is 10.9 Å². The van der Waals surface area contributed by atoms with Crippen LogP contribution in [0.3, 0.4) is 0 Å². The highest BCUT2D eigenvalue weighted by molar-refractivity contribution is 5.83. The summed E-state index contributed by atoms with van der Waals surface area (Å²) in [5, 5.41) is 0.542. The number of rotatable bonds is 8. The lowest BCUT2D eigenvalue weighted by Crippen LogP contribution is -2.31.